The molecule has 2 aromatic rings. The average Bonchev–Trinajstić information content (AvgIpc) is 2.48. The van der Waals surface area contributed by atoms with Crippen molar-refractivity contribution in [1.82, 2.24) is 14.1 Å². The number of hydrogen-bond donors (Lipinski definition) is 0. The second kappa shape index (κ2) is 5.86. The number of esters is 1. The van der Waals surface area contributed by atoms with Gasteiger partial charge in [0.25, 0.3) is 5.56 Å². The fraction of sp³-hybridized carbons (Fsp3) is 0.385. The van der Waals surface area contributed by atoms with Crippen LogP contribution < -0.4 is 11.2 Å². The van der Waals surface area contributed by atoms with Gasteiger partial charge in [-0.3, -0.25) is 14.2 Å². The highest BCUT2D eigenvalue weighted by Gasteiger charge is 2.33. The summed E-state index contributed by atoms with van der Waals surface area (Å²) in [6, 6.07) is 1.57. The van der Waals surface area contributed by atoms with E-state index in [1.165, 1.54) is 7.05 Å². The smallest absolute Gasteiger partial charge is 0.433 e. The Labute approximate surface area is 126 Å². The molecule has 7 nitrogen and oxygen atoms in total. The number of halogens is 3. The number of aryl methyl sites for hydroxylation is 1. The number of aromatic nitrogens is 3. The summed E-state index contributed by atoms with van der Waals surface area (Å²) in [5, 5.41) is -0.204. The maximum absolute atomic E-state index is 12.7. The molecule has 0 saturated heterocycles. The number of hydrogen-bond acceptors (Lipinski definition) is 5. The van der Waals surface area contributed by atoms with Gasteiger partial charge >= 0.3 is 17.8 Å². The Morgan fingerprint density at radius 1 is 1.30 bits per heavy atom. The number of ether oxygens (including phenoxy) is 1. The van der Waals surface area contributed by atoms with E-state index in [1.807, 2.05) is 0 Å². The van der Waals surface area contributed by atoms with Crippen LogP contribution in [0.1, 0.15) is 12.6 Å². The van der Waals surface area contributed by atoms with E-state index in [1.54, 1.807) is 6.92 Å². The van der Waals surface area contributed by atoms with Crippen molar-refractivity contribution in [3.63, 3.8) is 0 Å². The standard InChI is InChI=1S/C13H12F3N3O4/c1-3-23-9(20)6-19-11(21)7-4-5-8(13(14,15)16)17-10(7)18(2)12(19)22/h4-5H,3,6H2,1-2H3. The van der Waals surface area contributed by atoms with Gasteiger partial charge in [0.2, 0.25) is 0 Å². The van der Waals surface area contributed by atoms with E-state index in [9.17, 15) is 27.6 Å². The Kier molecular flexibility index (Phi) is 4.26. The Hall–Kier alpha value is -2.65. The Balaban J connectivity index is 2.69. The van der Waals surface area contributed by atoms with Gasteiger partial charge < -0.3 is 4.74 Å². The van der Waals surface area contributed by atoms with E-state index in [0.29, 0.717) is 10.6 Å². The fourth-order valence-electron chi connectivity index (χ4n) is 2.01. The van der Waals surface area contributed by atoms with Crippen LogP contribution in [0.25, 0.3) is 11.0 Å². The van der Waals surface area contributed by atoms with Crippen LogP contribution >= 0.6 is 0 Å². The van der Waals surface area contributed by atoms with Crippen LogP contribution in [-0.2, 0) is 29.3 Å². The molecule has 0 unspecified atom stereocenters. The van der Waals surface area contributed by atoms with Gasteiger partial charge in [0.05, 0.1) is 12.0 Å². The molecule has 0 aliphatic rings. The quantitative estimate of drug-likeness (QED) is 0.772. The first kappa shape index (κ1) is 16.7. The molecular weight excluding hydrogens is 319 g/mol. The summed E-state index contributed by atoms with van der Waals surface area (Å²) in [5.74, 6) is -0.800. The summed E-state index contributed by atoms with van der Waals surface area (Å²) >= 11 is 0. The monoisotopic (exact) mass is 331 g/mol. The van der Waals surface area contributed by atoms with Gasteiger partial charge in [0.15, 0.2) is 0 Å². The number of alkyl halides is 3. The highest BCUT2D eigenvalue weighted by molar-refractivity contribution is 5.75. The summed E-state index contributed by atoms with van der Waals surface area (Å²) in [4.78, 5) is 39.1. The molecule has 0 aliphatic carbocycles. The van der Waals surface area contributed by atoms with Crippen molar-refractivity contribution in [3.05, 3.63) is 38.7 Å². The Morgan fingerprint density at radius 2 is 1.96 bits per heavy atom. The van der Waals surface area contributed by atoms with Crippen LogP contribution in [0.15, 0.2) is 21.7 Å². The summed E-state index contributed by atoms with van der Waals surface area (Å²) in [6.07, 6.45) is -4.70. The number of fused-ring (bicyclic) bond motifs is 1. The minimum Gasteiger partial charge on any atom is -0.465 e. The molecule has 124 valence electrons. The second-order valence-corrected chi connectivity index (χ2v) is 4.60. The van der Waals surface area contributed by atoms with Crippen LogP contribution in [0, 0.1) is 0 Å². The molecule has 0 bridgehead atoms. The molecule has 2 heterocycles. The lowest BCUT2D eigenvalue weighted by atomic mass is 10.2. The Bertz CT molecular complexity index is 883. The normalized spacial score (nSPS) is 11.7. The number of pyridine rings is 1. The summed E-state index contributed by atoms with van der Waals surface area (Å²) in [5.41, 5.74) is -3.49. The third-order valence-corrected chi connectivity index (χ3v) is 3.07. The lowest BCUT2D eigenvalue weighted by molar-refractivity contribution is -0.144. The van der Waals surface area contributed by atoms with Gasteiger partial charge in [0.1, 0.15) is 17.9 Å². The van der Waals surface area contributed by atoms with Gasteiger partial charge in [-0.15, -0.1) is 0 Å². The van der Waals surface area contributed by atoms with Crippen LogP contribution in [0.4, 0.5) is 13.2 Å². The molecule has 0 amide bonds. The average molecular weight is 331 g/mol. The maximum Gasteiger partial charge on any atom is 0.433 e. The minimum absolute atomic E-state index is 0.0674. The van der Waals surface area contributed by atoms with Gasteiger partial charge in [-0.25, -0.2) is 14.3 Å². The molecular formula is C13H12F3N3O4. The van der Waals surface area contributed by atoms with Crippen LogP contribution in [0.3, 0.4) is 0 Å². The zero-order valence-electron chi connectivity index (χ0n) is 12.2. The SMILES string of the molecule is CCOC(=O)Cn1c(=O)c2ccc(C(F)(F)F)nc2n(C)c1=O. The molecule has 0 spiro atoms. The van der Waals surface area contributed by atoms with Crippen molar-refractivity contribution in [3.8, 4) is 0 Å². The van der Waals surface area contributed by atoms with E-state index in [2.05, 4.69) is 9.72 Å². The van der Waals surface area contributed by atoms with E-state index in [-0.39, 0.29) is 12.0 Å². The van der Waals surface area contributed by atoms with E-state index < -0.39 is 41.3 Å². The fourth-order valence-corrected chi connectivity index (χ4v) is 2.01. The maximum atomic E-state index is 12.7. The minimum atomic E-state index is -4.70. The van der Waals surface area contributed by atoms with Crippen LogP contribution in [0.5, 0.6) is 0 Å². The molecule has 0 radical (unpaired) electrons. The third kappa shape index (κ3) is 3.10. The van der Waals surface area contributed by atoms with Gasteiger partial charge in [-0.1, -0.05) is 0 Å². The van der Waals surface area contributed by atoms with Crippen molar-refractivity contribution in [2.45, 2.75) is 19.6 Å². The van der Waals surface area contributed by atoms with E-state index in [0.717, 1.165) is 10.6 Å². The van der Waals surface area contributed by atoms with Gasteiger partial charge in [-0.05, 0) is 19.1 Å². The first-order valence-electron chi connectivity index (χ1n) is 6.50. The zero-order valence-corrected chi connectivity index (χ0v) is 12.2. The first-order chi connectivity index (χ1) is 10.7. The summed E-state index contributed by atoms with van der Waals surface area (Å²) in [7, 11) is 1.17. The molecule has 0 N–H and O–H groups in total. The van der Waals surface area contributed by atoms with Gasteiger partial charge in [-0.2, -0.15) is 13.2 Å². The number of carbonyl (C=O) groups is 1. The molecule has 0 atom stereocenters. The van der Waals surface area contributed by atoms with Crippen LogP contribution in [-0.4, -0.2) is 26.7 Å². The lowest BCUT2D eigenvalue weighted by Gasteiger charge is -2.11. The predicted molar refractivity (Wildman–Crippen MR) is 72.9 cm³/mol. The Morgan fingerprint density at radius 3 is 2.52 bits per heavy atom. The van der Waals surface area contributed by atoms with Crippen molar-refractivity contribution >= 4 is 17.0 Å². The van der Waals surface area contributed by atoms with Gasteiger partial charge in [0, 0.05) is 7.05 Å². The molecule has 0 saturated carbocycles. The highest BCUT2D eigenvalue weighted by Crippen LogP contribution is 2.28. The van der Waals surface area contributed by atoms with E-state index >= 15 is 0 Å². The molecule has 2 rings (SSSR count). The molecule has 2 aromatic heterocycles. The molecule has 23 heavy (non-hydrogen) atoms. The number of nitrogens with zero attached hydrogens (tertiary/aromatic N) is 3. The van der Waals surface area contributed by atoms with E-state index in [4.69, 9.17) is 0 Å². The molecule has 0 aliphatic heterocycles. The number of carbonyl (C=O) groups excluding carboxylic acids is 1. The molecule has 10 heteroatoms. The highest BCUT2D eigenvalue weighted by atomic mass is 19.4. The molecule has 0 aromatic carbocycles. The lowest BCUT2D eigenvalue weighted by Crippen LogP contribution is -2.41. The third-order valence-electron chi connectivity index (χ3n) is 3.07. The topological polar surface area (TPSA) is 83.2 Å². The molecule has 0 fully saturated rings. The van der Waals surface area contributed by atoms with Crippen molar-refractivity contribution < 1.29 is 22.7 Å². The van der Waals surface area contributed by atoms with Crippen molar-refractivity contribution in [2.24, 2.45) is 7.05 Å². The summed E-state index contributed by atoms with van der Waals surface area (Å²) in [6.45, 7) is 0.996. The second-order valence-electron chi connectivity index (χ2n) is 4.60. The first-order valence-corrected chi connectivity index (χ1v) is 6.50. The number of rotatable bonds is 3. The van der Waals surface area contributed by atoms with Crippen molar-refractivity contribution in [1.29, 1.82) is 0 Å². The van der Waals surface area contributed by atoms with Crippen molar-refractivity contribution in [2.75, 3.05) is 6.61 Å². The van der Waals surface area contributed by atoms with Crippen LogP contribution in [0.2, 0.25) is 0 Å². The largest absolute Gasteiger partial charge is 0.465 e. The summed E-state index contributed by atoms with van der Waals surface area (Å²) < 4.78 is 44.1. The predicted octanol–water partition coefficient (Wildman–Crippen LogP) is 0.677. The zero-order chi connectivity index (χ0) is 17.4.